The fraction of sp³-hybridized carbons (Fsp3) is 0.0833. The highest BCUT2D eigenvalue weighted by Gasteiger charge is 2.21. The average Bonchev–Trinajstić information content (AvgIpc) is 2.46. The summed E-state index contributed by atoms with van der Waals surface area (Å²) in [6.07, 6.45) is 2.89. The van der Waals surface area contributed by atoms with Crippen LogP contribution in [0, 0.1) is 10.1 Å². The Balaban J connectivity index is 2.43. The summed E-state index contributed by atoms with van der Waals surface area (Å²) in [6, 6.07) is 3.87. The molecule has 108 valence electrons. The topological polar surface area (TPSA) is 104 Å². The smallest absolute Gasteiger partial charge is 0.356 e. The average molecular weight is 354 g/mol. The summed E-state index contributed by atoms with van der Waals surface area (Å²) in [5, 5.41) is 11.0. The van der Waals surface area contributed by atoms with Gasteiger partial charge in [0, 0.05) is 16.7 Å². The normalized spacial score (nSPS) is 10.0. The lowest BCUT2D eigenvalue weighted by molar-refractivity contribution is -0.386. The van der Waals surface area contributed by atoms with Crippen LogP contribution in [0.4, 0.5) is 5.69 Å². The molecule has 0 aliphatic carbocycles. The first kappa shape index (κ1) is 14.9. The first-order valence-electron chi connectivity index (χ1n) is 5.53. The van der Waals surface area contributed by atoms with Gasteiger partial charge >= 0.3 is 17.5 Å². The molecule has 8 nitrogen and oxygen atoms in total. The third kappa shape index (κ3) is 3.51. The van der Waals surface area contributed by atoms with Crippen molar-refractivity contribution in [2.45, 2.75) is 0 Å². The van der Waals surface area contributed by atoms with E-state index in [-0.39, 0.29) is 23.0 Å². The van der Waals surface area contributed by atoms with E-state index in [1.54, 1.807) is 6.07 Å². The predicted molar refractivity (Wildman–Crippen MR) is 74.2 cm³/mol. The van der Waals surface area contributed by atoms with Gasteiger partial charge in [-0.15, -0.1) is 0 Å². The fourth-order valence-corrected chi connectivity index (χ4v) is 1.77. The second kappa shape index (κ2) is 6.27. The van der Waals surface area contributed by atoms with Crippen molar-refractivity contribution in [2.75, 3.05) is 7.11 Å². The van der Waals surface area contributed by atoms with Crippen molar-refractivity contribution in [2.24, 2.45) is 0 Å². The van der Waals surface area contributed by atoms with Gasteiger partial charge in [0.1, 0.15) is 5.75 Å². The molecule has 0 aliphatic heterocycles. The molecule has 0 aliphatic rings. The molecule has 0 N–H and O–H groups in total. The molecule has 0 aromatic carbocycles. The van der Waals surface area contributed by atoms with Gasteiger partial charge in [-0.25, -0.2) is 4.79 Å². The van der Waals surface area contributed by atoms with Crippen molar-refractivity contribution in [3.63, 3.8) is 0 Å². The third-order valence-corrected chi connectivity index (χ3v) is 2.76. The number of nitrogens with zero attached hydrogens (tertiary/aromatic N) is 3. The largest absolute Gasteiger partial charge is 0.464 e. The highest BCUT2D eigenvalue weighted by molar-refractivity contribution is 9.10. The summed E-state index contributed by atoms with van der Waals surface area (Å²) in [6.45, 7) is 0. The minimum atomic E-state index is -0.720. The van der Waals surface area contributed by atoms with Crippen LogP contribution in [0.2, 0.25) is 0 Å². The maximum absolute atomic E-state index is 11.4. The molecule has 0 saturated carbocycles. The Kier molecular flexibility index (Phi) is 4.43. The van der Waals surface area contributed by atoms with Crippen molar-refractivity contribution in [3.8, 4) is 11.6 Å². The molecular weight excluding hydrogens is 346 g/mol. The number of hydrogen-bond donors (Lipinski definition) is 0. The van der Waals surface area contributed by atoms with Gasteiger partial charge in [0.05, 0.1) is 18.2 Å². The molecule has 9 heteroatoms. The van der Waals surface area contributed by atoms with Crippen molar-refractivity contribution < 1.29 is 19.2 Å². The Morgan fingerprint density at radius 1 is 1.38 bits per heavy atom. The number of carbonyl (C=O) groups is 1. The first-order chi connectivity index (χ1) is 10.0. The Morgan fingerprint density at radius 3 is 2.76 bits per heavy atom. The number of hydrogen-bond acceptors (Lipinski definition) is 7. The van der Waals surface area contributed by atoms with E-state index in [0.717, 1.165) is 6.07 Å². The summed E-state index contributed by atoms with van der Waals surface area (Å²) >= 11 is 3.20. The van der Waals surface area contributed by atoms with Gasteiger partial charge in [-0.2, -0.15) is 4.98 Å². The van der Waals surface area contributed by atoms with Crippen LogP contribution in [0.3, 0.4) is 0 Å². The molecule has 0 radical (unpaired) electrons. The van der Waals surface area contributed by atoms with Crippen LogP contribution in [-0.4, -0.2) is 28.0 Å². The number of carbonyl (C=O) groups excluding carboxylic acids is 1. The molecule has 0 saturated heterocycles. The van der Waals surface area contributed by atoms with E-state index in [2.05, 4.69) is 30.6 Å². The standard InChI is InChI=1S/C12H8BrN3O5/c1-20-12(17)9-2-3-10(16(18)19)11(15-9)21-8-4-7(13)5-14-6-8/h2-6H,1H3. The molecule has 0 unspecified atom stereocenters. The molecule has 2 aromatic rings. The van der Waals surface area contributed by atoms with E-state index in [4.69, 9.17) is 4.74 Å². The molecule has 0 amide bonds. The van der Waals surface area contributed by atoms with Crippen LogP contribution in [-0.2, 0) is 4.74 Å². The highest BCUT2D eigenvalue weighted by Crippen LogP contribution is 2.30. The van der Waals surface area contributed by atoms with Crippen molar-refractivity contribution in [1.82, 2.24) is 9.97 Å². The van der Waals surface area contributed by atoms with Gasteiger partial charge in [-0.1, -0.05) is 0 Å². The second-order valence-electron chi connectivity index (χ2n) is 3.71. The predicted octanol–water partition coefficient (Wildman–Crippen LogP) is 2.73. The van der Waals surface area contributed by atoms with Gasteiger partial charge in [0.2, 0.25) is 0 Å². The van der Waals surface area contributed by atoms with Gasteiger partial charge in [-0.05, 0) is 28.1 Å². The molecule has 21 heavy (non-hydrogen) atoms. The lowest BCUT2D eigenvalue weighted by atomic mass is 10.3. The minimum absolute atomic E-state index is 0.0962. The number of esters is 1. The van der Waals surface area contributed by atoms with Crippen LogP contribution in [0.15, 0.2) is 35.1 Å². The van der Waals surface area contributed by atoms with Gasteiger partial charge in [0.15, 0.2) is 5.69 Å². The molecule has 2 aromatic heterocycles. The summed E-state index contributed by atoms with van der Waals surface area (Å²) in [4.78, 5) is 29.4. The van der Waals surface area contributed by atoms with E-state index in [1.807, 2.05) is 0 Å². The third-order valence-electron chi connectivity index (χ3n) is 2.33. The Bertz CT molecular complexity index is 707. The number of aromatic nitrogens is 2. The summed E-state index contributed by atoms with van der Waals surface area (Å²) in [7, 11) is 1.18. The van der Waals surface area contributed by atoms with Crippen molar-refractivity contribution in [3.05, 3.63) is 50.9 Å². The van der Waals surface area contributed by atoms with E-state index < -0.39 is 10.9 Å². The number of nitro groups is 1. The van der Waals surface area contributed by atoms with E-state index in [0.29, 0.717) is 4.47 Å². The SMILES string of the molecule is COC(=O)c1ccc([N+](=O)[O-])c(Oc2cncc(Br)c2)n1. The van der Waals surface area contributed by atoms with Crippen LogP contribution in [0.5, 0.6) is 11.6 Å². The molecule has 0 atom stereocenters. The van der Waals surface area contributed by atoms with Crippen molar-refractivity contribution >= 4 is 27.6 Å². The lowest BCUT2D eigenvalue weighted by Gasteiger charge is -2.06. The molecule has 2 rings (SSSR count). The van der Waals surface area contributed by atoms with E-state index >= 15 is 0 Å². The molecule has 2 heterocycles. The molecule has 0 bridgehead atoms. The van der Waals surface area contributed by atoms with Crippen LogP contribution in [0.25, 0.3) is 0 Å². The number of ether oxygens (including phenoxy) is 2. The van der Waals surface area contributed by atoms with Crippen molar-refractivity contribution in [1.29, 1.82) is 0 Å². The number of halogens is 1. The minimum Gasteiger partial charge on any atom is -0.464 e. The Hall–Kier alpha value is -2.55. The molecular formula is C12H8BrN3O5. The number of pyridine rings is 2. The van der Waals surface area contributed by atoms with E-state index in [1.165, 1.54) is 25.6 Å². The van der Waals surface area contributed by atoms with Gasteiger partial charge < -0.3 is 9.47 Å². The zero-order valence-electron chi connectivity index (χ0n) is 10.6. The first-order valence-corrected chi connectivity index (χ1v) is 6.32. The quantitative estimate of drug-likeness (QED) is 0.472. The molecule has 0 spiro atoms. The molecule has 0 fully saturated rings. The van der Waals surface area contributed by atoms with Gasteiger partial charge in [0.25, 0.3) is 0 Å². The maximum atomic E-state index is 11.4. The zero-order valence-corrected chi connectivity index (χ0v) is 12.2. The fourth-order valence-electron chi connectivity index (χ4n) is 1.43. The second-order valence-corrected chi connectivity index (χ2v) is 4.63. The lowest BCUT2D eigenvalue weighted by Crippen LogP contribution is -2.06. The summed E-state index contributed by atoms with van der Waals surface area (Å²) < 4.78 is 10.5. The monoisotopic (exact) mass is 353 g/mol. The number of rotatable bonds is 4. The highest BCUT2D eigenvalue weighted by atomic mass is 79.9. The number of methoxy groups -OCH3 is 1. The van der Waals surface area contributed by atoms with Crippen LogP contribution < -0.4 is 4.74 Å². The Morgan fingerprint density at radius 2 is 2.14 bits per heavy atom. The maximum Gasteiger partial charge on any atom is 0.356 e. The van der Waals surface area contributed by atoms with Crippen LogP contribution >= 0.6 is 15.9 Å². The van der Waals surface area contributed by atoms with Crippen LogP contribution in [0.1, 0.15) is 10.5 Å². The van der Waals surface area contributed by atoms with Gasteiger partial charge in [-0.3, -0.25) is 15.1 Å². The zero-order chi connectivity index (χ0) is 15.4. The Labute approximate surface area is 127 Å². The summed E-state index contributed by atoms with van der Waals surface area (Å²) in [5.74, 6) is -0.799. The summed E-state index contributed by atoms with van der Waals surface area (Å²) in [5.41, 5.74) is -0.469. The van der Waals surface area contributed by atoms with E-state index in [9.17, 15) is 14.9 Å².